The van der Waals surface area contributed by atoms with Crippen LogP contribution in [0.3, 0.4) is 0 Å². The van der Waals surface area contributed by atoms with Gasteiger partial charge in [0.1, 0.15) is 0 Å². The van der Waals surface area contributed by atoms with Crippen LogP contribution < -0.4 is 5.32 Å². The molecule has 0 aliphatic carbocycles. The minimum Gasteiger partial charge on any atom is -0.370 e. The fourth-order valence-electron chi connectivity index (χ4n) is 2.35. The van der Waals surface area contributed by atoms with Crippen LogP contribution >= 0.6 is 0 Å². The van der Waals surface area contributed by atoms with E-state index in [0.717, 1.165) is 6.26 Å². The Kier molecular flexibility index (Phi) is 4.50. The zero-order valence-electron chi connectivity index (χ0n) is 12.3. The van der Waals surface area contributed by atoms with E-state index in [2.05, 4.69) is 5.32 Å². The van der Waals surface area contributed by atoms with Crippen molar-refractivity contribution in [1.29, 1.82) is 0 Å². The van der Waals surface area contributed by atoms with Gasteiger partial charge in [0.2, 0.25) is 0 Å². The summed E-state index contributed by atoms with van der Waals surface area (Å²) in [6.07, 6.45) is 0.914. The summed E-state index contributed by atoms with van der Waals surface area (Å²) in [5.41, 5.74) is -2.10. The molecule has 1 atom stereocenters. The molecule has 11 nitrogen and oxygen atoms in total. The van der Waals surface area contributed by atoms with Crippen LogP contribution in [0.1, 0.15) is 6.42 Å². The Morgan fingerprint density at radius 3 is 2.00 bits per heavy atom. The predicted molar refractivity (Wildman–Crippen MR) is 83.5 cm³/mol. The van der Waals surface area contributed by atoms with Gasteiger partial charge < -0.3 is 5.32 Å². The number of nitrogens with zero attached hydrogens (tertiary/aromatic N) is 2. The maximum Gasteiger partial charge on any atom is 0.300 e. The van der Waals surface area contributed by atoms with Crippen molar-refractivity contribution in [3.8, 4) is 0 Å². The second kappa shape index (κ2) is 5.98. The second-order valence-corrected chi connectivity index (χ2v) is 9.61. The van der Waals surface area contributed by atoms with Crippen LogP contribution in [-0.4, -0.2) is 50.5 Å². The van der Waals surface area contributed by atoms with Gasteiger partial charge in [-0.25, -0.2) is 16.8 Å². The van der Waals surface area contributed by atoms with E-state index >= 15 is 0 Å². The summed E-state index contributed by atoms with van der Waals surface area (Å²) < 4.78 is 46.1. The van der Waals surface area contributed by atoms with Crippen LogP contribution in [0.4, 0.5) is 17.1 Å². The Hall–Kier alpha value is -2.28. The van der Waals surface area contributed by atoms with Gasteiger partial charge in [-0.05, 0) is 6.42 Å². The molecule has 2 rings (SSSR count). The number of nitro groups is 2. The summed E-state index contributed by atoms with van der Waals surface area (Å²) in [5.74, 6) is -0.442. The smallest absolute Gasteiger partial charge is 0.300 e. The zero-order valence-corrected chi connectivity index (χ0v) is 14.0. The Morgan fingerprint density at radius 2 is 1.67 bits per heavy atom. The number of anilines is 1. The van der Waals surface area contributed by atoms with Crippen LogP contribution in [0.15, 0.2) is 17.0 Å². The molecular formula is C11H13N3O8S2. The summed E-state index contributed by atoms with van der Waals surface area (Å²) in [6, 6.07) is 0.707. The van der Waals surface area contributed by atoms with Crippen molar-refractivity contribution in [2.75, 3.05) is 23.1 Å². The first-order valence-corrected chi connectivity index (χ1v) is 10.3. The Labute approximate surface area is 136 Å². The molecular weight excluding hydrogens is 366 g/mol. The monoisotopic (exact) mass is 379 g/mol. The Morgan fingerprint density at radius 1 is 1.17 bits per heavy atom. The van der Waals surface area contributed by atoms with E-state index in [1.807, 2.05) is 0 Å². The average Bonchev–Trinajstić information content (AvgIpc) is 2.76. The van der Waals surface area contributed by atoms with Crippen molar-refractivity contribution >= 4 is 36.7 Å². The van der Waals surface area contributed by atoms with Gasteiger partial charge in [0.05, 0.1) is 26.2 Å². The summed E-state index contributed by atoms with van der Waals surface area (Å²) in [5, 5.41) is 24.9. The number of sulfone groups is 2. The molecule has 0 saturated carbocycles. The highest BCUT2D eigenvalue weighted by Gasteiger charge is 2.34. The lowest BCUT2D eigenvalue weighted by molar-refractivity contribution is -0.392. The van der Waals surface area contributed by atoms with Gasteiger partial charge in [-0.1, -0.05) is 0 Å². The molecule has 1 heterocycles. The van der Waals surface area contributed by atoms with E-state index in [-0.39, 0.29) is 17.9 Å². The maximum atomic E-state index is 11.6. The van der Waals surface area contributed by atoms with Gasteiger partial charge in [0.25, 0.3) is 0 Å². The van der Waals surface area contributed by atoms with E-state index in [0.29, 0.717) is 12.1 Å². The normalized spacial score (nSPS) is 19.8. The van der Waals surface area contributed by atoms with Gasteiger partial charge in [-0.2, -0.15) is 0 Å². The number of hydrogen-bond donors (Lipinski definition) is 1. The number of nitrogens with one attached hydrogen (secondary N) is 1. The van der Waals surface area contributed by atoms with Gasteiger partial charge in [-0.15, -0.1) is 0 Å². The topological polar surface area (TPSA) is 167 Å². The van der Waals surface area contributed by atoms with Crippen LogP contribution in [0.2, 0.25) is 0 Å². The van der Waals surface area contributed by atoms with Crippen molar-refractivity contribution in [2.24, 2.45) is 0 Å². The van der Waals surface area contributed by atoms with Gasteiger partial charge >= 0.3 is 11.4 Å². The maximum absolute atomic E-state index is 11.6. The molecule has 0 bridgehead atoms. The summed E-state index contributed by atoms with van der Waals surface area (Å²) in [4.78, 5) is 19.9. The minimum absolute atomic E-state index is 0.131. The van der Waals surface area contributed by atoms with Crippen molar-refractivity contribution in [2.45, 2.75) is 17.4 Å². The first kappa shape index (κ1) is 18.1. The molecule has 0 spiro atoms. The lowest BCUT2D eigenvalue weighted by Gasteiger charge is -2.13. The highest BCUT2D eigenvalue weighted by molar-refractivity contribution is 7.91. The second-order valence-electron chi connectivity index (χ2n) is 5.37. The van der Waals surface area contributed by atoms with Gasteiger partial charge in [-0.3, -0.25) is 20.2 Å². The highest BCUT2D eigenvalue weighted by atomic mass is 32.2. The number of rotatable bonds is 5. The third-order valence-corrected chi connectivity index (χ3v) is 6.33. The van der Waals surface area contributed by atoms with Gasteiger partial charge in [0, 0.05) is 24.4 Å². The summed E-state index contributed by atoms with van der Waals surface area (Å²) in [6.45, 7) is 0. The van der Waals surface area contributed by atoms with Crippen LogP contribution in [-0.2, 0) is 19.7 Å². The summed E-state index contributed by atoms with van der Waals surface area (Å²) in [7, 11) is -7.22. The number of benzene rings is 1. The fraction of sp³-hybridized carbons (Fsp3) is 0.455. The quantitative estimate of drug-likeness (QED) is 0.566. The van der Waals surface area contributed by atoms with Crippen LogP contribution in [0.25, 0.3) is 0 Å². The minimum atomic E-state index is -3.91. The Bertz CT molecular complexity index is 888. The van der Waals surface area contributed by atoms with Crippen molar-refractivity contribution < 1.29 is 26.7 Å². The SMILES string of the molecule is CS(=O)(=O)c1cc([N+](=O)[O-])c(N[C@H]2CCS(=O)(=O)C2)c([N+](=O)[O-])c1. The molecule has 1 aromatic carbocycles. The van der Waals surface area contributed by atoms with Gasteiger partial charge in [0.15, 0.2) is 25.4 Å². The molecule has 13 heteroatoms. The Balaban J connectivity index is 2.60. The lowest BCUT2D eigenvalue weighted by Crippen LogP contribution is -2.22. The molecule has 1 aliphatic rings. The first-order chi connectivity index (χ1) is 10.9. The van der Waals surface area contributed by atoms with E-state index in [1.54, 1.807) is 0 Å². The molecule has 0 unspecified atom stereocenters. The fourth-order valence-corrected chi connectivity index (χ4v) is 4.67. The van der Waals surface area contributed by atoms with E-state index in [1.165, 1.54) is 0 Å². The highest BCUT2D eigenvalue weighted by Crippen LogP contribution is 2.38. The molecule has 132 valence electrons. The van der Waals surface area contributed by atoms with E-state index in [4.69, 9.17) is 0 Å². The predicted octanol–water partition coefficient (Wildman–Crippen LogP) is 0.506. The van der Waals surface area contributed by atoms with Crippen LogP contribution in [0.5, 0.6) is 0 Å². The molecule has 0 aromatic heterocycles. The molecule has 24 heavy (non-hydrogen) atoms. The molecule has 0 amide bonds. The molecule has 0 radical (unpaired) electrons. The van der Waals surface area contributed by atoms with Crippen molar-refractivity contribution in [3.05, 3.63) is 32.4 Å². The standard InChI is InChI=1S/C11H13N3O8S2/c1-23(19,20)8-4-9(13(15)16)11(10(5-8)14(17)18)12-7-2-3-24(21,22)6-7/h4-5,7,12H,2-3,6H2,1H3/t7-/m0/s1. The summed E-state index contributed by atoms with van der Waals surface area (Å²) >= 11 is 0. The zero-order chi connectivity index (χ0) is 18.3. The largest absolute Gasteiger partial charge is 0.370 e. The van der Waals surface area contributed by atoms with Crippen LogP contribution in [0, 0.1) is 20.2 Å². The van der Waals surface area contributed by atoms with E-state index in [9.17, 15) is 37.1 Å². The average molecular weight is 379 g/mol. The molecule has 1 fully saturated rings. The first-order valence-electron chi connectivity index (χ1n) is 6.54. The number of nitro benzene ring substituents is 2. The molecule has 1 aliphatic heterocycles. The van der Waals surface area contributed by atoms with Crippen molar-refractivity contribution in [1.82, 2.24) is 0 Å². The molecule has 1 aromatic rings. The molecule has 1 saturated heterocycles. The third kappa shape index (κ3) is 3.79. The lowest BCUT2D eigenvalue weighted by atomic mass is 10.2. The van der Waals surface area contributed by atoms with Crippen molar-refractivity contribution in [3.63, 3.8) is 0 Å². The molecule has 1 N–H and O–H groups in total. The third-order valence-electron chi connectivity index (χ3n) is 3.47. The number of hydrogen-bond acceptors (Lipinski definition) is 9. The van der Waals surface area contributed by atoms with E-state index < -0.39 is 57.5 Å².